The van der Waals surface area contributed by atoms with Crippen LogP contribution in [0.25, 0.3) is 0 Å². The van der Waals surface area contributed by atoms with E-state index in [1.807, 2.05) is 6.92 Å². The first kappa shape index (κ1) is 14.9. The van der Waals surface area contributed by atoms with E-state index in [-0.39, 0.29) is 12.5 Å². The van der Waals surface area contributed by atoms with Gasteiger partial charge in [0.25, 0.3) is 5.91 Å². The maximum Gasteiger partial charge on any atom is 0.255 e. The highest BCUT2D eigenvalue weighted by Crippen LogP contribution is 2.16. The molecule has 0 spiro atoms. The monoisotopic (exact) mass is 301 g/mol. The number of hydrogen-bond donors (Lipinski definition) is 2. The van der Waals surface area contributed by atoms with Crippen molar-refractivity contribution in [2.75, 3.05) is 11.9 Å². The van der Waals surface area contributed by atoms with Crippen molar-refractivity contribution in [3.63, 3.8) is 0 Å². The zero-order chi connectivity index (χ0) is 15.2. The van der Waals surface area contributed by atoms with Crippen LogP contribution in [0.4, 0.5) is 5.69 Å². The average Bonchev–Trinajstić information content (AvgIpc) is 2.46. The third-order valence-electron chi connectivity index (χ3n) is 2.65. The number of thiocarbonyl (C=S) groups is 1. The van der Waals surface area contributed by atoms with Crippen LogP contribution >= 0.6 is 12.2 Å². The topological polar surface area (TPSA) is 77.2 Å². The lowest BCUT2D eigenvalue weighted by molar-refractivity contribution is 0.102. The zero-order valence-electron chi connectivity index (χ0n) is 11.5. The maximum absolute atomic E-state index is 12.1. The van der Waals surface area contributed by atoms with Crippen LogP contribution in [0.2, 0.25) is 0 Å². The van der Waals surface area contributed by atoms with E-state index in [0.717, 1.165) is 5.69 Å². The van der Waals surface area contributed by atoms with Crippen molar-refractivity contribution < 1.29 is 9.53 Å². The molecule has 0 unspecified atom stereocenters. The lowest BCUT2D eigenvalue weighted by Crippen LogP contribution is -2.17. The number of nitrogens with zero attached hydrogens (tertiary/aromatic N) is 1. The molecule has 6 heteroatoms. The van der Waals surface area contributed by atoms with Gasteiger partial charge in [0.15, 0.2) is 0 Å². The van der Waals surface area contributed by atoms with Gasteiger partial charge in [0, 0.05) is 23.1 Å². The SMILES string of the molecule is Cc1cc(C(=O)Nc2ccc(OCC(N)=S)cc2)ccn1. The number of benzene rings is 1. The molecule has 0 fully saturated rings. The van der Waals surface area contributed by atoms with E-state index < -0.39 is 0 Å². The number of amides is 1. The Morgan fingerprint density at radius 1 is 1.33 bits per heavy atom. The van der Waals surface area contributed by atoms with Gasteiger partial charge in [-0.05, 0) is 43.3 Å². The molecule has 108 valence electrons. The molecule has 1 amide bonds. The van der Waals surface area contributed by atoms with Gasteiger partial charge in [-0.2, -0.15) is 0 Å². The number of hydrogen-bond acceptors (Lipinski definition) is 4. The van der Waals surface area contributed by atoms with Gasteiger partial charge in [0.05, 0.1) is 0 Å². The summed E-state index contributed by atoms with van der Waals surface area (Å²) in [6.07, 6.45) is 1.61. The predicted molar refractivity (Wildman–Crippen MR) is 85.6 cm³/mol. The smallest absolute Gasteiger partial charge is 0.255 e. The zero-order valence-corrected chi connectivity index (χ0v) is 12.3. The van der Waals surface area contributed by atoms with Crippen LogP contribution in [-0.2, 0) is 0 Å². The molecule has 0 bridgehead atoms. The summed E-state index contributed by atoms with van der Waals surface area (Å²) in [5, 5.41) is 2.80. The highest BCUT2D eigenvalue weighted by molar-refractivity contribution is 7.80. The molecule has 5 nitrogen and oxygen atoms in total. The van der Waals surface area contributed by atoms with Crippen LogP contribution in [0, 0.1) is 6.92 Å². The van der Waals surface area contributed by atoms with Crippen molar-refractivity contribution in [2.24, 2.45) is 5.73 Å². The molecule has 0 saturated carbocycles. The molecule has 1 aromatic carbocycles. The predicted octanol–water partition coefficient (Wildman–Crippen LogP) is 2.31. The highest BCUT2D eigenvalue weighted by atomic mass is 32.1. The summed E-state index contributed by atoms with van der Waals surface area (Å²) < 4.78 is 5.34. The number of nitrogens with two attached hydrogens (primary N) is 1. The molecule has 0 aliphatic heterocycles. The number of rotatable bonds is 5. The number of aromatic nitrogens is 1. The van der Waals surface area contributed by atoms with Crippen LogP contribution in [0.15, 0.2) is 42.6 Å². The van der Waals surface area contributed by atoms with Crippen molar-refractivity contribution >= 4 is 28.8 Å². The number of pyridine rings is 1. The number of anilines is 1. The first-order chi connectivity index (χ1) is 10.0. The van der Waals surface area contributed by atoms with Crippen LogP contribution in [-0.4, -0.2) is 22.5 Å². The molecule has 3 N–H and O–H groups in total. The summed E-state index contributed by atoms with van der Waals surface area (Å²) in [4.78, 5) is 16.4. The minimum Gasteiger partial charge on any atom is -0.487 e. The fourth-order valence-corrected chi connectivity index (χ4v) is 1.74. The van der Waals surface area contributed by atoms with Crippen molar-refractivity contribution in [3.05, 3.63) is 53.9 Å². The second-order valence-corrected chi connectivity index (χ2v) is 4.94. The molecule has 2 aromatic rings. The summed E-state index contributed by atoms with van der Waals surface area (Å²) in [5.74, 6) is 0.456. The molecule has 0 atom stereocenters. The number of carbonyl (C=O) groups excluding carboxylic acids is 1. The molecule has 0 aliphatic carbocycles. The maximum atomic E-state index is 12.1. The van der Waals surface area contributed by atoms with Gasteiger partial charge in [-0.25, -0.2) is 0 Å². The van der Waals surface area contributed by atoms with Crippen molar-refractivity contribution in [2.45, 2.75) is 6.92 Å². The molecule has 21 heavy (non-hydrogen) atoms. The van der Waals surface area contributed by atoms with Crippen LogP contribution in [0.3, 0.4) is 0 Å². The normalized spacial score (nSPS) is 9.95. The quantitative estimate of drug-likeness (QED) is 0.829. The summed E-state index contributed by atoms with van der Waals surface area (Å²) >= 11 is 4.73. The van der Waals surface area contributed by atoms with Gasteiger partial charge in [0.1, 0.15) is 17.3 Å². The number of nitrogens with one attached hydrogen (secondary N) is 1. The molecule has 2 rings (SSSR count). The molecule has 1 heterocycles. The van der Waals surface area contributed by atoms with E-state index >= 15 is 0 Å². The van der Waals surface area contributed by atoms with E-state index in [2.05, 4.69) is 10.3 Å². The lowest BCUT2D eigenvalue weighted by Gasteiger charge is -2.08. The molecule has 0 radical (unpaired) electrons. The minimum atomic E-state index is -0.183. The summed E-state index contributed by atoms with van der Waals surface area (Å²) in [6.45, 7) is 2.03. The summed E-state index contributed by atoms with van der Waals surface area (Å²) in [7, 11) is 0. The van der Waals surface area contributed by atoms with Gasteiger partial charge < -0.3 is 15.8 Å². The molecular formula is C15H15N3O2S. The molecule has 0 aliphatic rings. The number of carbonyl (C=O) groups is 1. The third-order valence-corrected chi connectivity index (χ3v) is 2.77. The Kier molecular flexibility index (Phi) is 4.84. The van der Waals surface area contributed by atoms with Gasteiger partial charge >= 0.3 is 0 Å². The van der Waals surface area contributed by atoms with Gasteiger partial charge in [0.2, 0.25) is 0 Å². The Morgan fingerprint density at radius 2 is 2.05 bits per heavy atom. The first-order valence-corrected chi connectivity index (χ1v) is 6.70. The average molecular weight is 301 g/mol. The van der Waals surface area contributed by atoms with Gasteiger partial charge in [-0.1, -0.05) is 12.2 Å². The van der Waals surface area contributed by atoms with Crippen molar-refractivity contribution in [1.82, 2.24) is 4.98 Å². The lowest BCUT2D eigenvalue weighted by atomic mass is 10.2. The van der Waals surface area contributed by atoms with E-state index in [4.69, 9.17) is 22.7 Å². The largest absolute Gasteiger partial charge is 0.487 e. The molecule has 1 aromatic heterocycles. The standard InChI is InChI=1S/C15H15N3O2S/c1-10-8-11(6-7-17-10)15(19)18-12-2-4-13(5-3-12)20-9-14(16)21/h2-8H,9H2,1H3,(H2,16,21)(H,18,19). The Labute approximate surface area is 128 Å². The Morgan fingerprint density at radius 3 is 2.67 bits per heavy atom. The Hall–Kier alpha value is -2.47. The Balaban J connectivity index is 2.00. The number of aryl methyl sites for hydroxylation is 1. The fraction of sp³-hybridized carbons (Fsp3) is 0.133. The van der Waals surface area contributed by atoms with E-state index in [1.54, 1.807) is 42.6 Å². The summed E-state index contributed by atoms with van der Waals surface area (Å²) in [5.41, 5.74) is 7.40. The number of ether oxygens (including phenoxy) is 1. The molecular weight excluding hydrogens is 286 g/mol. The van der Waals surface area contributed by atoms with E-state index in [9.17, 15) is 4.79 Å². The van der Waals surface area contributed by atoms with Crippen LogP contribution < -0.4 is 15.8 Å². The van der Waals surface area contributed by atoms with Gasteiger partial charge in [-0.15, -0.1) is 0 Å². The van der Waals surface area contributed by atoms with Crippen molar-refractivity contribution in [3.8, 4) is 5.75 Å². The second kappa shape index (κ2) is 6.81. The third kappa shape index (κ3) is 4.54. The minimum absolute atomic E-state index is 0.183. The molecule has 0 saturated heterocycles. The Bertz CT molecular complexity index is 656. The van der Waals surface area contributed by atoms with Crippen LogP contribution in [0.5, 0.6) is 5.75 Å². The summed E-state index contributed by atoms with van der Waals surface area (Å²) in [6, 6.07) is 10.4. The first-order valence-electron chi connectivity index (χ1n) is 6.30. The van der Waals surface area contributed by atoms with E-state index in [1.165, 1.54) is 0 Å². The second-order valence-electron chi connectivity index (χ2n) is 4.42. The van der Waals surface area contributed by atoms with E-state index in [0.29, 0.717) is 22.0 Å². The van der Waals surface area contributed by atoms with Crippen LogP contribution in [0.1, 0.15) is 16.1 Å². The van der Waals surface area contributed by atoms with Gasteiger partial charge in [-0.3, -0.25) is 9.78 Å². The highest BCUT2D eigenvalue weighted by Gasteiger charge is 2.06. The fourth-order valence-electron chi connectivity index (χ4n) is 1.68. The van der Waals surface area contributed by atoms with Crippen molar-refractivity contribution in [1.29, 1.82) is 0 Å².